The Morgan fingerprint density at radius 2 is 1.86 bits per heavy atom. The number of alkyl halides is 3. The van der Waals surface area contributed by atoms with Gasteiger partial charge in [-0.2, -0.15) is 5.10 Å². The summed E-state index contributed by atoms with van der Waals surface area (Å²) in [7, 11) is 0. The van der Waals surface area contributed by atoms with E-state index >= 15 is 0 Å². The molecule has 1 N–H and O–H groups in total. The van der Waals surface area contributed by atoms with Crippen molar-refractivity contribution < 1.29 is 27.4 Å². The number of ether oxygens (including phenoxy) is 2. The van der Waals surface area contributed by atoms with Gasteiger partial charge in [0.1, 0.15) is 23.7 Å². The zero-order valence-corrected chi connectivity index (χ0v) is 20.1. The van der Waals surface area contributed by atoms with E-state index in [1.807, 2.05) is 0 Å². The Bertz CT molecular complexity index is 1340. The average Bonchev–Trinajstić information content (AvgIpc) is 3.10. The number of fused-ring (bicyclic) bond motifs is 2. The smallest absolute Gasteiger partial charge is 0.459 e. The Morgan fingerprint density at radius 1 is 1.17 bits per heavy atom. The van der Waals surface area contributed by atoms with Gasteiger partial charge in [-0.15, -0.1) is 13.2 Å². The van der Waals surface area contributed by atoms with Crippen molar-refractivity contribution >= 4 is 28.6 Å². The van der Waals surface area contributed by atoms with E-state index in [1.54, 1.807) is 20.8 Å². The molecule has 0 aliphatic heterocycles. The molecule has 3 aromatic rings. The molecule has 0 radical (unpaired) electrons. The number of carbonyl (C=O) groups excluding carboxylic acids is 1. The lowest BCUT2D eigenvalue weighted by molar-refractivity contribution is -0.274. The van der Waals surface area contributed by atoms with Gasteiger partial charge >= 0.3 is 12.3 Å². The van der Waals surface area contributed by atoms with Gasteiger partial charge in [-0.1, -0.05) is 11.6 Å². The molecular formula is C23H24ClF3N4O4. The van der Waals surface area contributed by atoms with Crippen LogP contribution in [-0.4, -0.2) is 37.7 Å². The summed E-state index contributed by atoms with van der Waals surface area (Å²) >= 11 is 5.94. The minimum Gasteiger partial charge on any atom is -0.459 e. The van der Waals surface area contributed by atoms with E-state index in [9.17, 15) is 22.8 Å². The summed E-state index contributed by atoms with van der Waals surface area (Å²) in [6.45, 7) is 4.87. The number of benzene rings is 1. The first-order valence-electron chi connectivity index (χ1n) is 11.1. The molecule has 0 bridgehead atoms. The number of hydrogen-bond acceptors (Lipinski definition) is 6. The number of halogens is 4. The van der Waals surface area contributed by atoms with E-state index in [1.165, 1.54) is 6.07 Å². The lowest BCUT2D eigenvalue weighted by Gasteiger charge is -2.22. The standard InChI is InChI=1S/C23H24ClF3N4O4/c1-22(2,3)35-20(32)11-31-21(33)13-7-5-4-6-12(13)15(30-31)10-19-28-16-8-14(24)18(9-17(16)29-19)34-23(25,26)27/h8-9H,4-7,10-11H2,1-3H3,(H,28,29). The van der Waals surface area contributed by atoms with Crippen molar-refractivity contribution in [2.75, 3.05) is 0 Å². The van der Waals surface area contributed by atoms with Crippen molar-refractivity contribution in [1.82, 2.24) is 19.7 Å². The molecule has 0 amide bonds. The second-order valence-corrected chi connectivity index (χ2v) is 9.78. The Labute approximate surface area is 203 Å². The molecule has 0 saturated heterocycles. The van der Waals surface area contributed by atoms with E-state index < -0.39 is 23.7 Å². The third-order valence-electron chi connectivity index (χ3n) is 5.39. The summed E-state index contributed by atoms with van der Waals surface area (Å²) < 4.78 is 48.4. The number of H-pyrrole nitrogens is 1. The van der Waals surface area contributed by atoms with Crippen LogP contribution >= 0.6 is 11.6 Å². The molecule has 2 aromatic heterocycles. The van der Waals surface area contributed by atoms with E-state index in [2.05, 4.69) is 19.8 Å². The summed E-state index contributed by atoms with van der Waals surface area (Å²) in [4.78, 5) is 32.8. The summed E-state index contributed by atoms with van der Waals surface area (Å²) in [5.74, 6) is -0.710. The highest BCUT2D eigenvalue weighted by Crippen LogP contribution is 2.33. The van der Waals surface area contributed by atoms with Crippen LogP contribution in [-0.2, 0) is 35.3 Å². The fourth-order valence-corrected chi connectivity index (χ4v) is 4.32. The van der Waals surface area contributed by atoms with Crippen LogP contribution in [0.5, 0.6) is 5.75 Å². The van der Waals surface area contributed by atoms with Crippen LogP contribution in [0.3, 0.4) is 0 Å². The maximum absolute atomic E-state index is 13.0. The molecule has 12 heteroatoms. The van der Waals surface area contributed by atoms with Gasteiger partial charge in [0.05, 0.1) is 28.2 Å². The number of hydrogen-bond donors (Lipinski definition) is 1. The van der Waals surface area contributed by atoms with Gasteiger partial charge in [0, 0.05) is 11.6 Å². The average molecular weight is 513 g/mol. The number of carbonyl (C=O) groups is 1. The molecule has 2 heterocycles. The molecule has 1 aromatic carbocycles. The van der Waals surface area contributed by atoms with Gasteiger partial charge in [-0.3, -0.25) is 9.59 Å². The topological polar surface area (TPSA) is 99.1 Å². The normalized spacial score (nSPS) is 14.1. The minimum absolute atomic E-state index is 0.179. The van der Waals surface area contributed by atoms with Crippen LogP contribution in [0.15, 0.2) is 16.9 Å². The first-order chi connectivity index (χ1) is 16.3. The monoisotopic (exact) mass is 512 g/mol. The predicted molar refractivity (Wildman–Crippen MR) is 122 cm³/mol. The van der Waals surface area contributed by atoms with Crippen LogP contribution in [0.1, 0.15) is 56.3 Å². The summed E-state index contributed by atoms with van der Waals surface area (Å²) in [5.41, 5.74) is 1.64. The van der Waals surface area contributed by atoms with Gasteiger partial charge in [-0.05, 0) is 58.1 Å². The molecule has 35 heavy (non-hydrogen) atoms. The Morgan fingerprint density at radius 3 is 2.51 bits per heavy atom. The third-order valence-corrected chi connectivity index (χ3v) is 5.69. The molecule has 0 fully saturated rings. The maximum Gasteiger partial charge on any atom is 0.573 e. The van der Waals surface area contributed by atoms with Crippen molar-refractivity contribution in [1.29, 1.82) is 0 Å². The first-order valence-corrected chi connectivity index (χ1v) is 11.4. The Kier molecular flexibility index (Phi) is 6.56. The fourth-order valence-electron chi connectivity index (χ4n) is 4.12. The lowest BCUT2D eigenvalue weighted by atomic mass is 9.91. The van der Waals surface area contributed by atoms with Crippen molar-refractivity contribution in [3.8, 4) is 5.75 Å². The number of aromatic amines is 1. The quantitative estimate of drug-likeness (QED) is 0.506. The SMILES string of the molecule is CC(C)(C)OC(=O)Cn1nc(Cc2nc3cc(OC(F)(F)F)c(Cl)cc3[nH]2)c2c(c1=O)CCCC2. The molecule has 1 aliphatic carbocycles. The highest BCUT2D eigenvalue weighted by atomic mass is 35.5. The largest absolute Gasteiger partial charge is 0.573 e. The molecule has 188 valence electrons. The molecular weight excluding hydrogens is 489 g/mol. The van der Waals surface area contributed by atoms with Crippen LogP contribution in [0.25, 0.3) is 11.0 Å². The number of nitrogens with one attached hydrogen (secondary N) is 1. The van der Waals surface area contributed by atoms with Crippen LogP contribution < -0.4 is 10.3 Å². The molecule has 0 unspecified atom stereocenters. The van der Waals surface area contributed by atoms with Gasteiger partial charge in [-0.25, -0.2) is 9.67 Å². The highest BCUT2D eigenvalue weighted by molar-refractivity contribution is 6.32. The maximum atomic E-state index is 13.0. The molecule has 0 spiro atoms. The fraction of sp³-hybridized carbons (Fsp3) is 0.478. The zero-order valence-electron chi connectivity index (χ0n) is 19.4. The van der Waals surface area contributed by atoms with Gasteiger partial charge in [0.15, 0.2) is 0 Å². The first kappa shape index (κ1) is 25.0. The Balaban J connectivity index is 1.69. The van der Waals surface area contributed by atoms with Crippen LogP contribution in [0.2, 0.25) is 5.02 Å². The number of rotatable bonds is 5. The number of aromatic nitrogens is 4. The summed E-state index contributed by atoms with van der Waals surface area (Å²) in [6, 6.07) is 2.41. The molecule has 1 aliphatic rings. The molecule has 8 nitrogen and oxygen atoms in total. The van der Waals surface area contributed by atoms with Gasteiger partial charge in [0.25, 0.3) is 5.56 Å². The van der Waals surface area contributed by atoms with E-state index in [0.29, 0.717) is 35.4 Å². The van der Waals surface area contributed by atoms with E-state index in [-0.39, 0.29) is 29.1 Å². The van der Waals surface area contributed by atoms with Gasteiger partial charge < -0.3 is 14.5 Å². The van der Waals surface area contributed by atoms with Crippen molar-refractivity contribution in [2.45, 2.75) is 71.4 Å². The van der Waals surface area contributed by atoms with E-state index in [4.69, 9.17) is 16.3 Å². The molecule has 0 saturated carbocycles. The number of nitrogens with zero attached hydrogens (tertiary/aromatic N) is 3. The summed E-state index contributed by atoms with van der Waals surface area (Å²) in [5, 5.41) is 4.23. The van der Waals surface area contributed by atoms with Crippen LogP contribution in [0, 0.1) is 0 Å². The number of esters is 1. The molecule has 0 atom stereocenters. The van der Waals surface area contributed by atoms with Crippen molar-refractivity contribution in [3.05, 3.63) is 50.2 Å². The van der Waals surface area contributed by atoms with Crippen molar-refractivity contribution in [2.24, 2.45) is 0 Å². The van der Waals surface area contributed by atoms with Crippen LogP contribution in [0.4, 0.5) is 13.2 Å². The van der Waals surface area contributed by atoms with Gasteiger partial charge in [0.2, 0.25) is 0 Å². The molecule has 4 rings (SSSR count). The number of imidazole rings is 1. The third kappa shape index (κ3) is 5.95. The minimum atomic E-state index is -4.89. The highest BCUT2D eigenvalue weighted by Gasteiger charge is 2.32. The van der Waals surface area contributed by atoms with Crippen molar-refractivity contribution in [3.63, 3.8) is 0 Å². The zero-order chi connectivity index (χ0) is 25.5. The Hall–Kier alpha value is -3.08. The lowest BCUT2D eigenvalue weighted by Crippen LogP contribution is -2.35. The predicted octanol–water partition coefficient (Wildman–Crippen LogP) is 4.48. The second-order valence-electron chi connectivity index (χ2n) is 9.37. The van der Waals surface area contributed by atoms with E-state index in [0.717, 1.165) is 29.2 Å². The summed E-state index contributed by atoms with van der Waals surface area (Å²) in [6.07, 6.45) is -1.73. The second kappa shape index (κ2) is 9.18.